The largest absolute Gasteiger partial charge is 2.00 e. The van der Waals surface area contributed by atoms with E-state index in [4.69, 9.17) is 0 Å². The molecule has 14 nitrogen and oxygen atoms in total. The van der Waals surface area contributed by atoms with Crippen LogP contribution in [-0.2, 0) is 29.0 Å². The molecule has 4 amide bonds. The van der Waals surface area contributed by atoms with Crippen molar-refractivity contribution in [1.29, 1.82) is 0 Å². The van der Waals surface area contributed by atoms with Gasteiger partial charge in [0.2, 0.25) is 0 Å². The molecule has 0 saturated carbocycles. The maximum absolute atomic E-state index is 10.1. The minimum absolute atomic E-state index is 0. The maximum atomic E-state index is 10.1. The summed E-state index contributed by atoms with van der Waals surface area (Å²) in [4.78, 5) is 39.5. The van der Waals surface area contributed by atoms with E-state index in [9.17, 15) is 29.4 Å². The van der Waals surface area contributed by atoms with Crippen LogP contribution in [0.15, 0.2) is 0 Å². The van der Waals surface area contributed by atoms with Gasteiger partial charge < -0.3 is 29.3 Å². The second kappa shape index (κ2) is 15.7. The summed E-state index contributed by atoms with van der Waals surface area (Å²) >= 11 is 0. The van der Waals surface area contributed by atoms with Crippen molar-refractivity contribution >= 4 is 24.4 Å². The van der Waals surface area contributed by atoms with Gasteiger partial charge in [-0.25, -0.2) is 20.4 Å². The van der Waals surface area contributed by atoms with Gasteiger partial charge in [-0.1, -0.05) is 0 Å². The quantitative estimate of drug-likeness (QED) is 0.208. The normalized spacial score (nSPS) is 7.71. The third kappa shape index (κ3) is 23.2. The number of hydrazine groups is 4. The Balaban J connectivity index is -0.000000295. The number of rotatable bonds is 4. The fraction of sp³-hybridized carbons (Fsp3) is 0.333. The number of ether oxygens (including phenoxy) is 2. The molecule has 116 valence electrons. The van der Waals surface area contributed by atoms with Crippen LogP contribution in [0.3, 0.4) is 0 Å². The first-order chi connectivity index (χ1) is 9.33. The van der Waals surface area contributed by atoms with Crippen molar-refractivity contribution in [2.75, 3.05) is 14.2 Å². The number of hydrogen-bond acceptors (Lipinski definition) is 10. The Hall–Kier alpha value is -2.38. The van der Waals surface area contributed by atoms with E-state index in [1.54, 1.807) is 21.9 Å². The molecule has 0 aromatic carbocycles. The molecule has 0 bridgehead atoms. The Morgan fingerprint density at radius 1 is 0.714 bits per heavy atom. The molecule has 0 aliphatic heterocycles. The first-order valence-corrected chi connectivity index (χ1v) is 4.45. The minimum atomic E-state index is -1.56. The first kappa shape index (κ1) is 23.7. The number of carbonyl (C=O) groups is 4. The molecule has 0 unspecified atom stereocenters. The van der Waals surface area contributed by atoms with Gasteiger partial charge in [-0.15, -0.1) is 11.1 Å². The van der Waals surface area contributed by atoms with Crippen LogP contribution < -0.4 is 43.0 Å². The van der Waals surface area contributed by atoms with Crippen molar-refractivity contribution in [3.63, 3.8) is 0 Å². The van der Waals surface area contributed by atoms with E-state index in [2.05, 4.69) is 9.47 Å². The van der Waals surface area contributed by atoms with Gasteiger partial charge in [0.05, 0.1) is 14.2 Å². The minimum Gasteiger partial charge on any atom is -0.529 e. The van der Waals surface area contributed by atoms with Gasteiger partial charge in [-0.3, -0.25) is 10.9 Å². The van der Waals surface area contributed by atoms with E-state index in [0.29, 0.717) is 0 Å². The molecule has 21 heavy (non-hydrogen) atoms. The average molecular weight is 362 g/mol. The molecule has 0 aliphatic rings. The first-order valence-electron chi connectivity index (χ1n) is 4.45. The van der Waals surface area contributed by atoms with Gasteiger partial charge in [0.25, 0.3) is 0 Å². The standard InChI is InChI=1S/2C3H7N3O4.Zn/c2*1-10-3(9)5-6-4-2(7)8;/h2*4,6H,1H3,(H,5,9)(H,7,8);/q;;+2/p-2. The van der Waals surface area contributed by atoms with E-state index in [-0.39, 0.29) is 19.5 Å². The van der Waals surface area contributed by atoms with Crippen LogP contribution in [0, 0.1) is 0 Å². The third-order valence-corrected chi connectivity index (χ3v) is 1.03. The number of hydrogen-bond donors (Lipinski definition) is 6. The van der Waals surface area contributed by atoms with Crippen LogP contribution in [0.4, 0.5) is 19.2 Å². The fourth-order valence-corrected chi connectivity index (χ4v) is 0.369. The molecule has 0 aliphatic carbocycles. The number of amides is 4. The zero-order valence-electron chi connectivity index (χ0n) is 11.0. The maximum Gasteiger partial charge on any atom is 2.00 e. The second-order valence-electron chi connectivity index (χ2n) is 2.31. The predicted molar refractivity (Wildman–Crippen MR) is 54.4 cm³/mol. The van der Waals surface area contributed by atoms with Crippen molar-refractivity contribution in [1.82, 2.24) is 32.8 Å². The molecule has 0 rings (SSSR count). The van der Waals surface area contributed by atoms with Gasteiger partial charge in [0.1, 0.15) is 0 Å². The predicted octanol–water partition coefficient (Wildman–Crippen LogP) is -4.61. The van der Waals surface area contributed by atoms with Crippen molar-refractivity contribution in [2.45, 2.75) is 0 Å². The molecule has 0 saturated heterocycles. The van der Waals surface area contributed by atoms with E-state index in [1.807, 2.05) is 10.9 Å². The molecule has 0 heterocycles. The number of nitrogens with one attached hydrogen (secondary N) is 6. The van der Waals surface area contributed by atoms with Gasteiger partial charge in [-0.2, -0.15) is 0 Å². The second-order valence-corrected chi connectivity index (χ2v) is 2.31. The number of carboxylic acid groups (broad SMARTS) is 2. The van der Waals surface area contributed by atoms with Crippen LogP contribution in [0.25, 0.3) is 0 Å². The van der Waals surface area contributed by atoms with Crippen molar-refractivity contribution in [3.8, 4) is 0 Å². The Labute approximate surface area is 130 Å². The van der Waals surface area contributed by atoms with E-state index >= 15 is 0 Å². The summed E-state index contributed by atoms with van der Waals surface area (Å²) in [6.07, 6.45) is -4.74. The Kier molecular flexibility index (Phi) is 17.7. The summed E-state index contributed by atoms with van der Waals surface area (Å²) in [5, 5.41) is 19.2. The molecule has 0 aromatic heterocycles. The fourth-order valence-electron chi connectivity index (χ4n) is 0.369. The Morgan fingerprint density at radius 2 is 1.00 bits per heavy atom. The Bertz CT molecular complexity index is 309. The van der Waals surface area contributed by atoms with Crippen LogP contribution >= 0.6 is 0 Å². The smallest absolute Gasteiger partial charge is 0.529 e. The van der Waals surface area contributed by atoms with E-state index in [0.717, 1.165) is 14.2 Å². The number of carbonyl (C=O) groups excluding carboxylic acids is 4. The van der Waals surface area contributed by atoms with Gasteiger partial charge in [0.15, 0.2) is 12.2 Å². The van der Waals surface area contributed by atoms with Gasteiger partial charge in [-0.05, 0) is 0 Å². The SMILES string of the molecule is COC(=O)NNNC(=O)[O-].COC(=O)NNNC(=O)[O-].[Zn+2]. The molecule has 0 fully saturated rings. The topological polar surface area (TPSA) is 205 Å². The molecule has 0 aromatic rings. The molecule has 15 heteroatoms. The molecule has 0 atom stereocenters. The molecule has 0 spiro atoms. The molecular formula is C6H12N6O8Zn. The van der Waals surface area contributed by atoms with Gasteiger partial charge in [0, 0.05) is 0 Å². The van der Waals surface area contributed by atoms with E-state index < -0.39 is 24.4 Å². The van der Waals surface area contributed by atoms with Gasteiger partial charge >= 0.3 is 31.7 Å². The van der Waals surface area contributed by atoms with Crippen LogP contribution in [0.2, 0.25) is 0 Å². The summed E-state index contributed by atoms with van der Waals surface area (Å²) in [5.74, 6) is 0. The van der Waals surface area contributed by atoms with Crippen LogP contribution in [-0.4, -0.2) is 38.6 Å². The van der Waals surface area contributed by atoms with Crippen molar-refractivity contribution in [3.05, 3.63) is 0 Å². The molecular weight excluding hydrogens is 349 g/mol. The average Bonchev–Trinajstić information content (AvgIpc) is 2.38. The molecule has 6 N–H and O–H groups in total. The summed E-state index contributed by atoms with van der Waals surface area (Å²) in [6.45, 7) is 0. The third-order valence-electron chi connectivity index (χ3n) is 1.03. The molecule has 0 radical (unpaired) electrons. The van der Waals surface area contributed by atoms with Crippen molar-refractivity contribution < 1.29 is 58.3 Å². The monoisotopic (exact) mass is 360 g/mol. The van der Waals surface area contributed by atoms with Crippen molar-refractivity contribution in [2.24, 2.45) is 0 Å². The van der Waals surface area contributed by atoms with Crippen LogP contribution in [0.1, 0.15) is 0 Å². The summed E-state index contributed by atoms with van der Waals surface area (Å²) in [5.41, 5.74) is 10.3. The summed E-state index contributed by atoms with van der Waals surface area (Å²) in [7, 11) is 2.27. The zero-order valence-corrected chi connectivity index (χ0v) is 13.9. The van der Waals surface area contributed by atoms with Crippen LogP contribution in [0.5, 0.6) is 0 Å². The van der Waals surface area contributed by atoms with E-state index in [1.165, 1.54) is 0 Å². The Morgan fingerprint density at radius 3 is 1.19 bits per heavy atom. The summed E-state index contributed by atoms with van der Waals surface area (Å²) in [6, 6.07) is 0. The summed E-state index contributed by atoms with van der Waals surface area (Å²) < 4.78 is 8.13. The number of methoxy groups -OCH3 is 2. The zero-order chi connectivity index (χ0) is 16.0.